The molecule has 0 saturated carbocycles. The van der Waals surface area contributed by atoms with Gasteiger partial charge >= 0.3 is 5.97 Å². The number of aliphatic hydroxyl groups excluding tert-OH is 5. The van der Waals surface area contributed by atoms with Crippen LogP contribution in [0.3, 0.4) is 0 Å². The number of hydrogen-bond acceptors (Lipinski definition) is 7. The predicted molar refractivity (Wildman–Crippen MR) is 84.7 cm³/mol. The minimum Gasteiger partial charge on any atom is -0.457 e. The van der Waals surface area contributed by atoms with Crippen molar-refractivity contribution < 1.29 is 35.1 Å². The van der Waals surface area contributed by atoms with E-state index in [1.54, 1.807) is 0 Å². The predicted octanol–water partition coefficient (Wildman–Crippen LogP) is 0.106. The van der Waals surface area contributed by atoms with E-state index >= 15 is 0 Å². The number of ether oxygens (including phenoxy) is 1. The van der Waals surface area contributed by atoms with Crippen LogP contribution < -0.4 is 0 Å². The fourth-order valence-electron chi connectivity index (χ4n) is 2.22. The van der Waals surface area contributed by atoms with E-state index in [1.807, 2.05) is 0 Å². The van der Waals surface area contributed by atoms with E-state index in [4.69, 9.17) is 14.9 Å². The summed E-state index contributed by atoms with van der Waals surface area (Å²) in [6.45, 7) is 0.722. The topological polar surface area (TPSA) is 127 Å². The molecule has 0 aliphatic rings. The van der Waals surface area contributed by atoms with Gasteiger partial charge in [-0.1, -0.05) is 45.4 Å². The monoisotopic (exact) mass is 336 g/mol. The lowest BCUT2D eigenvalue weighted by molar-refractivity contribution is -0.171. The number of carbonyl (C=O) groups is 1. The van der Waals surface area contributed by atoms with Crippen molar-refractivity contribution in [2.75, 3.05) is 13.2 Å². The van der Waals surface area contributed by atoms with Crippen molar-refractivity contribution in [1.29, 1.82) is 0 Å². The fourth-order valence-corrected chi connectivity index (χ4v) is 2.22. The number of carbonyl (C=O) groups excluding carboxylic acids is 1. The van der Waals surface area contributed by atoms with Crippen molar-refractivity contribution in [3.8, 4) is 0 Å². The van der Waals surface area contributed by atoms with Crippen LogP contribution in [-0.4, -0.2) is 69.1 Å². The number of rotatable bonds is 14. The first kappa shape index (κ1) is 22.3. The summed E-state index contributed by atoms with van der Waals surface area (Å²) in [5.41, 5.74) is 0. The highest BCUT2D eigenvalue weighted by molar-refractivity contribution is 5.69. The molecule has 7 heteroatoms. The Morgan fingerprint density at radius 2 is 1.43 bits per heavy atom. The Labute approximate surface area is 137 Å². The maximum absolute atomic E-state index is 11.7. The summed E-state index contributed by atoms with van der Waals surface area (Å²) in [6, 6.07) is 0. The summed E-state index contributed by atoms with van der Waals surface area (Å²) in [5, 5.41) is 46.4. The van der Waals surface area contributed by atoms with Crippen molar-refractivity contribution in [3.05, 3.63) is 0 Å². The lowest BCUT2D eigenvalue weighted by Gasteiger charge is -2.27. The molecular weight excluding hydrogens is 304 g/mol. The van der Waals surface area contributed by atoms with Gasteiger partial charge in [-0.15, -0.1) is 0 Å². The van der Waals surface area contributed by atoms with Crippen LogP contribution in [-0.2, 0) is 9.53 Å². The number of aliphatic hydroxyl groups is 5. The quantitative estimate of drug-likeness (QED) is 0.225. The highest BCUT2D eigenvalue weighted by atomic mass is 16.6. The molecular formula is C16H32O7. The highest BCUT2D eigenvalue weighted by Gasteiger charge is 2.33. The van der Waals surface area contributed by atoms with Crippen LogP contribution in [0.15, 0.2) is 0 Å². The van der Waals surface area contributed by atoms with E-state index in [2.05, 4.69) is 6.92 Å². The molecule has 0 rings (SSSR count). The maximum atomic E-state index is 11.7. The van der Waals surface area contributed by atoms with Gasteiger partial charge in [-0.3, -0.25) is 4.79 Å². The molecule has 4 atom stereocenters. The summed E-state index contributed by atoms with van der Waals surface area (Å²) in [4.78, 5) is 11.7. The fraction of sp³-hybridized carbons (Fsp3) is 0.938. The minimum atomic E-state index is -1.71. The van der Waals surface area contributed by atoms with Crippen molar-refractivity contribution in [2.45, 2.75) is 82.7 Å². The van der Waals surface area contributed by atoms with Crippen molar-refractivity contribution in [1.82, 2.24) is 0 Å². The molecule has 138 valence electrons. The molecule has 0 bridgehead atoms. The van der Waals surface area contributed by atoms with Gasteiger partial charge in [-0.25, -0.2) is 0 Å². The van der Waals surface area contributed by atoms with E-state index < -0.39 is 43.6 Å². The molecule has 0 heterocycles. The average Bonchev–Trinajstić information content (AvgIpc) is 2.56. The first-order chi connectivity index (χ1) is 11.0. The van der Waals surface area contributed by atoms with Crippen LogP contribution in [0.4, 0.5) is 0 Å². The molecule has 0 aliphatic carbocycles. The van der Waals surface area contributed by atoms with Crippen molar-refractivity contribution in [3.63, 3.8) is 0 Å². The Morgan fingerprint density at radius 3 is 1.96 bits per heavy atom. The second-order valence-corrected chi connectivity index (χ2v) is 5.81. The SMILES string of the molecule is CCCCCCCCCC(=O)O[C@@H](CO)[C@H](O)[C@@H](O)[C@@H](O)CO. The lowest BCUT2D eigenvalue weighted by Crippen LogP contribution is -2.48. The number of esters is 1. The van der Waals surface area contributed by atoms with Gasteiger partial charge < -0.3 is 30.3 Å². The molecule has 0 aromatic carbocycles. The normalized spacial score (nSPS) is 16.6. The Balaban J connectivity index is 4.00. The van der Waals surface area contributed by atoms with Gasteiger partial charge in [0.15, 0.2) is 6.10 Å². The molecule has 23 heavy (non-hydrogen) atoms. The lowest BCUT2D eigenvalue weighted by atomic mass is 10.0. The molecule has 0 aliphatic heterocycles. The van der Waals surface area contributed by atoms with Gasteiger partial charge in [0.05, 0.1) is 13.2 Å². The molecule has 0 aromatic rings. The zero-order valence-electron chi connectivity index (χ0n) is 13.9. The third-order valence-electron chi connectivity index (χ3n) is 3.76. The smallest absolute Gasteiger partial charge is 0.306 e. The van der Waals surface area contributed by atoms with E-state index in [-0.39, 0.29) is 6.42 Å². The Hall–Kier alpha value is -0.730. The third-order valence-corrected chi connectivity index (χ3v) is 3.76. The average molecular weight is 336 g/mol. The standard InChI is InChI=1S/C16H32O7/c1-2-3-4-5-6-7-8-9-14(20)23-13(11-18)16(22)15(21)12(19)10-17/h12-13,15-19,21-22H,2-11H2,1H3/t12-,13-,15-,16-/m0/s1. The van der Waals surface area contributed by atoms with Gasteiger partial charge in [-0.05, 0) is 6.42 Å². The minimum absolute atomic E-state index is 0.176. The maximum Gasteiger partial charge on any atom is 0.306 e. The zero-order valence-corrected chi connectivity index (χ0v) is 13.9. The molecule has 0 aromatic heterocycles. The first-order valence-electron chi connectivity index (χ1n) is 8.43. The van der Waals surface area contributed by atoms with Crippen LogP contribution in [0.2, 0.25) is 0 Å². The summed E-state index contributed by atoms with van der Waals surface area (Å²) >= 11 is 0. The van der Waals surface area contributed by atoms with E-state index in [0.29, 0.717) is 6.42 Å². The van der Waals surface area contributed by atoms with Gasteiger partial charge in [0.2, 0.25) is 0 Å². The summed E-state index contributed by atoms with van der Waals surface area (Å²) < 4.78 is 4.93. The molecule has 0 radical (unpaired) electrons. The number of unbranched alkanes of at least 4 members (excludes halogenated alkanes) is 6. The highest BCUT2D eigenvalue weighted by Crippen LogP contribution is 2.12. The van der Waals surface area contributed by atoms with Crippen molar-refractivity contribution >= 4 is 5.97 Å². The van der Waals surface area contributed by atoms with E-state index in [1.165, 1.54) is 19.3 Å². The Morgan fingerprint density at radius 1 is 0.870 bits per heavy atom. The van der Waals surface area contributed by atoms with Crippen LogP contribution in [0.25, 0.3) is 0 Å². The van der Waals surface area contributed by atoms with Crippen LogP contribution in [0.1, 0.15) is 58.3 Å². The van der Waals surface area contributed by atoms with Gasteiger partial charge in [0, 0.05) is 6.42 Å². The Kier molecular flexibility index (Phi) is 13.3. The van der Waals surface area contributed by atoms with Gasteiger partial charge in [0.25, 0.3) is 0 Å². The van der Waals surface area contributed by atoms with Gasteiger partial charge in [0.1, 0.15) is 18.3 Å². The second-order valence-electron chi connectivity index (χ2n) is 5.81. The third kappa shape index (κ3) is 9.88. The summed E-state index contributed by atoms with van der Waals surface area (Å²) in [6.07, 6.45) is 1.30. The zero-order chi connectivity index (χ0) is 17.7. The van der Waals surface area contributed by atoms with Crippen molar-refractivity contribution in [2.24, 2.45) is 0 Å². The Bertz CT molecular complexity index is 298. The second kappa shape index (κ2) is 13.7. The number of hydrogen-bond donors (Lipinski definition) is 5. The summed E-state index contributed by atoms with van der Waals surface area (Å²) in [5.74, 6) is -0.567. The first-order valence-corrected chi connectivity index (χ1v) is 8.43. The molecule has 0 spiro atoms. The largest absolute Gasteiger partial charge is 0.457 e. The molecule has 5 N–H and O–H groups in total. The molecule has 7 nitrogen and oxygen atoms in total. The summed E-state index contributed by atoms with van der Waals surface area (Å²) in [7, 11) is 0. The molecule has 0 unspecified atom stereocenters. The van der Waals surface area contributed by atoms with E-state index in [9.17, 15) is 20.1 Å². The van der Waals surface area contributed by atoms with Crippen LogP contribution in [0.5, 0.6) is 0 Å². The molecule has 0 fully saturated rings. The van der Waals surface area contributed by atoms with E-state index in [0.717, 1.165) is 19.3 Å². The van der Waals surface area contributed by atoms with Crippen LogP contribution in [0, 0.1) is 0 Å². The van der Waals surface area contributed by atoms with Gasteiger partial charge in [-0.2, -0.15) is 0 Å². The van der Waals surface area contributed by atoms with Crippen LogP contribution >= 0.6 is 0 Å². The molecule has 0 saturated heterocycles. The molecule has 0 amide bonds.